The summed E-state index contributed by atoms with van der Waals surface area (Å²) in [6.45, 7) is 1.53. The molecule has 28 heavy (non-hydrogen) atoms. The Morgan fingerprint density at radius 2 is 1.64 bits per heavy atom. The van der Waals surface area contributed by atoms with Crippen molar-refractivity contribution in [3.63, 3.8) is 0 Å². The molecule has 0 saturated carbocycles. The van der Waals surface area contributed by atoms with Gasteiger partial charge in [0.15, 0.2) is 0 Å². The number of benzene rings is 1. The topological polar surface area (TPSA) is 130 Å². The third kappa shape index (κ3) is 4.45. The highest BCUT2D eigenvalue weighted by Crippen LogP contribution is 2.31. The number of nitrogens with one attached hydrogen (secondary N) is 1. The second kappa shape index (κ2) is 7.93. The maximum Gasteiger partial charge on any atom is 0.293 e. The number of sulfonamides is 2. The lowest BCUT2D eigenvalue weighted by molar-refractivity contribution is -0.384. The average Bonchev–Trinajstić information content (AvgIpc) is 3.17. The summed E-state index contributed by atoms with van der Waals surface area (Å²) in [4.78, 5) is 10.8. The molecule has 0 aliphatic carbocycles. The summed E-state index contributed by atoms with van der Waals surface area (Å²) in [7, 11) is -6.99. The largest absolute Gasteiger partial charge is 0.377 e. The Labute approximate surface area is 164 Å². The van der Waals surface area contributed by atoms with E-state index >= 15 is 0 Å². The van der Waals surface area contributed by atoms with E-state index in [1.54, 1.807) is 0 Å². The van der Waals surface area contributed by atoms with Crippen molar-refractivity contribution >= 4 is 31.4 Å². The van der Waals surface area contributed by atoms with Crippen molar-refractivity contribution in [1.82, 2.24) is 8.61 Å². The Balaban J connectivity index is 1.78. The third-order valence-electron chi connectivity index (χ3n) is 5.15. The van der Waals surface area contributed by atoms with Crippen LogP contribution in [0.3, 0.4) is 0 Å². The molecule has 1 aromatic carbocycles. The van der Waals surface area contributed by atoms with Gasteiger partial charge in [-0.15, -0.1) is 0 Å². The van der Waals surface area contributed by atoms with Gasteiger partial charge in [-0.25, -0.2) is 21.1 Å². The zero-order chi connectivity index (χ0) is 20.5. The Morgan fingerprint density at radius 1 is 1.04 bits per heavy atom. The Kier molecular flexibility index (Phi) is 5.94. The molecular weight excluding hydrogens is 408 g/mol. The lowest BCUT2D eigenvalue weighted by atomic mass is 10.1. The molecule has 10 nitrogen and oxygen atoms in total. The van der Waals surface area contributed by atoms with Crippen LogP contribution in [0.2, 0.25) is 0 Å². The van der Waals surface area contributed by atoms with Crippen LogP contribution in [0, 0.1) is 10.1 Å². The number of nitro groups is 1. The number of hydrogen-bond donors (Lipinski definition) is 1. The summed E-state index contributed by atoms with van der Waals surface area (Å²) < 4.78 is 51.2. The first kappa shape index (κ1) is 21.0. The molecule has 2 saturated heterocycles. The van der Waals surface area contributed by atoms with Gasteiger partial charge in [-0.3, -0.25) is 10.1 Å². The van der Waals surface area contributed by atoms with Crippen molar-refractivity contribution < 1.29 is 21.8 Å². The van der Waals surface area contributed by atoms with E-state index in [-0.39, 0.29) is 22.3 Å². The molecule has 0 atom stereocenters. The van der Waals surface area contributed by atoms with Crippen molar-refractivity contribution in [2.45, 2.75) is 36.6 Å². The van der Waals surface area contributed by atoms with Gasteiger partial charge in [0, 0.05) is 38.3 Å². The van der Waals surface area contributed by atoms with E-state index in [0.717, 1.165) is 25.2 Å². The molecule has 3 rings (SSSR count). The van der Waals surface area contributed by atoms with E-state index < -0.39 is 25.0 Å². The number of nitrogens with zero attached hydrogens (tertiary/aromatic N) is 3. The van der Waals surface area contributed by atoms with E-state index in [1.165, 1.54) is 20.7 Å². The van der Waals surface area contributed by atoms with E-state index in [0.29, 0.717) is 39.0 Å². The van der Waals surface area contributed by atoms with Crippen LogP contribution in [0.4, 0.5) is 11.4 Å². The van der Waals surface area contributed by atoms with E-state index in [4.69, 9.17) is 0 Å². The Hall–Kier alpha value is -1.76. The third-order valence-corrected chi connectivity index (χ3v) is 8.35. The standard InChI is InChI=1S/C16H24N4O6S2/c1-27(23,24)18-10-6-13(7-11-18)17-15-5-4-14(12-16(15)20(21)22)28(25,26)19-8-2-3-9-19/h4-5,12-13,17H,2-3,6-11H2,1H3. The van der Waals surface area contributed by atoms with Crippen LogP contribution >= 0.6 is 0 Å². The number of rotatable bonds is 6. The molecule has 0 unspecified atom stereocenters. The maximum absolute atomic E-state index is 12.7. The van der Waals surface area contributed by atoms with E-state index in [9.17, 15) is 26.9 Å². The van der Waals surface area contributed by atoms with Gasteiger partial charge in [0.1, 0.15) is 5.69 Å². The molecule has 0 bridgehead atoms. The zero-order valence-corrected chi connectivity index (χ0v) is 17.2. The molecular formula is C16H24N4O6S2. The molecule has 156 valence electrons. The van der Waals surface area contributed by atoms with Crippen molar-refractivity contribution in [3.05, 3.63) is 28.3 Å². The first-order chi connectivity index (χ1) is 13.1. The minimum Gasteiger partial charge on any atom is -0.377 e. The number of hydrogen-bond acceptors (Lipinski definition) is 7. The van der Waals surface area contributed by atoms with Gasteiger partial charge >= 0.3 is 0 Å². The SMILES string of the molecule is CS(=O)(=O)N1CCC(Nc2ccc(S(=O)(=O)N3CCCC3)cc2[N+](=O)[O-])CC1. The van der Waals surface area contributed by atoms with Gasteiger partial charge < -0.3 is 5.32 Å². The monoisotopic (exact) mass is 432 g/mol. The van der Waals surface area contributed by atoms with Crippen LogP contribution in [0.5, 0.6) is 0 Å². The number of nitro benzene ring substituents is 1. The number of piperidine rings is 1. The lowest BCUT2D eigenvalue weighted by Crippen LogP contribution is -2.41. The van der Waals surface area contributed by atoms with Gasteiger partial charge in [-0.1, -0.05) is 0 Å². The minimum absolute atomic E-state index is 0.0847. The second-order valence-electron chi connectivity index (χ2n) is 7.13. The van der Waals surface area contributed by atoms with Crippen molar-refractivity contribution in [2.24, 2.45) is 0 Å². The predicted octanol–water partition coefficient (Wildman–Crippen LogP) is 1.22. The summed E-state index contributed by atoms with van der Waals surface area (Å²) in [6, 6.07) is 3.78. The fourth-order valence-electron chi connectivity index (χ4n) is 3.57. The van der Waals surface area contributed by atoms with E-state index in [1.807, 2.05) is 0 Å². The summed E-state index contributed by atoms with van der Waals surface area (Å²) in [5.41, 5.74) is -0.0611. The average molecular weight is 433 g/mol. The highest BCUT2D eigenvalue weighted by Gasteiger charge is 2.31. The Morgan fingerprint density at radius 3 is 2.18 bits per heavy atom. The van der Waals surface area contributed by atoms with Gasteiger partial charge in [-0.05, 0) is 37.8 Å². The fourth-order valence-corrected chi connectivity index (χ4v) is 5.99. The summed E-state index contributed by atoms with van der Waals surface area (Å²) in [5.74, 6) is 0. The first-order valence-electron chi connectivity index (χ1n) is 9.09. The molecule has 0 aromatic heterocycles. The molecule has 1 N–H and O–H groups in total. The molecule has 2 fully saturated rings. The van der Waals surface area contributed by atoms with Crippen LogP contribution in [0.1, 0.15) is 25.7 Å². The fraction of sp³-hybridized carbons (Fsp3) is 0.625. The predicted molar refractivity (Wildman–Crippen MR) is 104 cm³/mol. The normalized spacial score (nSPS) is 20.3. The summed E-state index contributed by atoms with van der Waals surface area (Å²) in [5, 5.41) is 14.6. The summed E-state index contributed by atoms with van der Waals surface area (Å²) >= 11 is 0. The number of anilines is 1. The zero-order valence-electron chi connectivity index (χ0n) is 15.6. The lowest BCUT2D eigenvalue weighted by Gasteiger charge is -2.31. The van der Waals surface area contributed by atoms with Gasteiger partial charge in [0.25, 0.3) is 5.69 Å². The minimum atomic E-state index is -3.74. The molecule has 2 aliphatic heterocycles. The van der Waals surface area contributed by atoms with Crippen LogP contribution < -0.4 is 5.32 Å². The van der Waals surface area contributed by atoms with Crippen LogP contribution in [0.15, 0.2) is 23.1 Å². The molecule has 0 radical (unpaired) electrons. The van der Waals surface area contributed by atoms with E-state index in [2.05, 4.69) is 5.32 Å². The Bertz CT molecular complexity index is 949. The van der Waals surface area contributed by atoms with Crippen molar-refractivity contribution in [1.29, 1.82) is 0 Å². The molecule has 1 aromatic rings. The molecule has 0 amide bonds. The second-order valence-corrected chi connectivity index (χ2v) is 11.0. The maximum atomic E-state index is 12.7. The first-order valence-corrected chi connectivity index (χ1v) is 12.4. The highest BCUT2D eigenvalue weighted by atomic mass is 32.2. The van der Waals surface area contributed by atoms with Gasteiger partial charge in [0.05, 0.1) is 16.1 Å². The molecule has 0 spiro atoms. The van der Waals surface area contributed by atoms with Crippen LogP contribution in [0.25, 0.3) is 0 Å². The smallest absolute Gasteiger partial charge is 0.293 e. The quantitative estimate of drug-likeness (QED) is 0.528. The van der Waals surface area contributed by atoms with Crippen LogP contribution in [-0.4, -0.2) is 68.8 Å². The van der Waals surface area contributed by atoms with Gasteiger partial charge in [-0.2, -0.15) is 4.31 Å². The molecule has 2 aliphatic rings. The molecule has 12 heteroatoms. The van der Waals surface area contributed by atoms with Crippen molar-refractivity contribution in [2.75, 3.05) is 37.8 Å². The highest BCUT2D eigenvalue weighted by molar-refractivity contribution is 7.89. The van der Waals surface area contributed by atoms with Crippen molar-refractivity contribution in [3.8, 4) is 0 Å². The van der Waals surface area contributed by atoms with Gasteiger partial charge in [0.2, 0.25) is 20.0 Å². The summed E-state index contributed by atoms with van der Waals surface area (Å²) in [6.07, 6.45) is 3.75. The molecule has 2 heterocycles. The van der Waals surface area contributed by atoms with Crippen LogP contribution in [-0.2, 0) is 20.0 Å².